The molecule has 0 aliphatic heterocycles. The minimum absolute atomic E-state index is 0.0957. The first-order valence-electron chi connectivity index (χ1n) is 4.59. The van der Waals surface area contributed by atoms with E-state index >= 15 is 0 Å². The minimum Gasteiger partial charge on any atom is -0.481 e. The molecule has 72 valence electrons. The van der Waals surface area contributed by atoms with Crippen LogP contribution in [0.3, 0.4) is 0 Å². The standard InChI is InChI=1S/C9H20O2Si/c1-5-6-8(9(10)11)7-12(2,3)4/h8H,5-7H2,1-4H3,(H,10,11). The van der Waals surface area contributed by atoms with Crippen molar-refractivity contribution in [3.63, 3.8) is 0 Å². The summed E-state index contributed by atoms with van der Waals surface area (Å²) >= 11 is 0. The molecule has 0 rings (SSSR count). The molecule has 3 heteroatoms. The van der Waals surface area contributed by atoms with Crippen molar-refractivity contribution in [2.75, 3.05) is 0 Å². The number of hydrogen-bond acceptors (Lipinski definition) is 1. The van der Waals surface area contributed by atoms with Crippen molar-refractivity contribution < 1.29 is 9.90 Å². The zero-order chi connectivity index (χ0) is 9.78. The average molecular weight is 188 g/mol. The van der Waals surface area contributed by atoms with Crippen LogP contribution >= 0.6 is 0 Å². The summed E-state index contributed by atoms with van der Waals surface area (Å²) in [5, 5.41) is 8.89. The summed E-state index contributed by atoms with van der Waals surface area (Å²) in [5.74, 6) is -0.707. The first-order valence-corrected chi connectivity index (χ1v) is 8.30. The molecule has 2 nitrogen and oxygen atoms in total. The van der Waals surface area contributed by atoms with E-state index in [0.717, 1.165) is 18.9 Å². The summed E-state index contributed by atoms with van der Waals surface area (Å²) in [6, 6.07) is 0.913. The lowest BCUT2D eigenvalue weighted by molar-refractivity contribution is -0.141. The second-order valence-electron chi connectivity index (χ2n) is 4.59. The van der Waals surface area contributed by atoms with E-state index in [0.29, 0.717) is 0 Å². The Morgan fingerprint density at radius 3 is 2.17 bits per heavy atom. The van der Waals surface area contributed by atoms with Crippen molar-refractivity contribution in [1.82, 2.24) is 0 Å². The van der Waals surface area contributed by atoms with E-state index in [4.69, 9.17) is 5.11 Å². The van der Waals surface area contributed by atoms with Crippen LogP contribution in [0.15, 0.2) is 0 Å². The molecule has 1 atom stereocenters. The Morgan fingerprint density at radius 1 is 1.42 bits per heavy atom. The Hall–Kier alpha value is -0.313. The van der Waals surface area contributed by atoms with Gasteiger partial charge in [0.05, 0.1) is 5.92 Å². The largest absolute Gasteiger partial charge is 0.481 e. The molecule has 0 spiro atoms. The molecule has 1 N–H and O–H groups in total. The average Bonchev–Trinajstić information content (AvgIpc) is 1.83. The van der Waals surface area contributed by atoms with Crippen molar-refractivity contribution >= 4 is 14.0 Å². The van der Waals surface area contributed by atoms with Crippen LogP contribution < -0.4 is 0 Å². The van der Waals surface area contributed by atoms with Gasteiger partial charge in [-0.2, -0.15) is 0 Å². The Kier molecular flexibility index (Phi) is 4.53. The maximum absolute atomic E-state index is 10.8. The lowest BCUT2D eigenvalue weighted by Crippen LogP contribution is -2.27. The maximum atomic E-state index is 10.8. The number of aliphatic carboxylic acids is 1. The van der Waals surface area contributed by atoms with E-state index in [1.807, 2.05) is 6.92 Å². The highest BCUT2D eigenvalue weighted by atomic mass is 28.3. The molecular weight excluding hydrogens is 168 g/mol. The van der Waals surface area contributed by atoms with Crippen LogP contribution in [0.5, 0.6) is 0 Å². The lowest BCUT2D eigenvalue weighted by atomic mass is 10.1. The Morgan fingerprint density at radius 2 is 1.92 bits per heavy atom. The van der Waals surface area contributed by atoms with E-state index in [1.165, 1.54) is 0 Å². The fraction of sp³-hybridized carbons (Fsp3) is 0.889. The van der Waals surface area contributed by atoms with Gasteiger partial charge in [0.2, 0.25) is 0 Å². The van der Waals surface area contributed by atoms with Crippen molar-refractivity contribution in [2.45, 2.75) is 45.5 Å². The van der Waals surface area contributed by atoms with Gasteiger partial charge in [-0.15, -0.1) is 0 Å². The minimum atomic E-state index is -1.20. The highest BCUT2D eigenvalue weighted by Crippen LogP contribution is 2.20. The third kappa shape index (κ3) is 5.35. The Labute approximate surface area is 76.0 Å². The SMILES string of the molecule is CCCC(C[Si](C)(C)C)C(=O)O. The molecule has 0 fully saturated rings. The molecule has 12 heavy (non-hydrogen) atoms. The number of carboxylic acid groups (broad SMARTS) is 1. The summed E-state index contributed by atoms with van der Waals surface area (Å²) < 4.78 is 0. The molecule has 0 saturated carbocycles. The molecular formula is C9H20O2Si. The van der Waals surface area contributed by atoms with Crippen LogP contribution in [0, 0.1) is 5.92 Å². The first kappa shape index (κ1) is 11.7. The normalized spacial score (nSPS) is 14.3. The monoisotopic (exact) mass is 188 g/mol. The van der Waals surface area contributed by atoms with E-state index in [2.05, 4.69) is 19.6 Å². The zero-order valence-electron chi connectivity index (χ0n) is 8.55. The number of carboxylic acids is 1. The Bertz CT molecular complexity index is 149. The highest BCUT2D eigenvalue weighted by Gasteiger charge is 2.24. The number of hydrogen-bond donors (Lipinski definition) is 1. The van der Waals surface area contributed by atoms with E-state index in [1.54, 1.807) is 0 Å². The van der Waals surface area contributed by atoms with Gasteiger partial charge in [0.1, 0.15) is 0 Å². The molecule has 0 aliphatic rings. The summed E-state index contributed by atoms with van der Waals surface area (Å²) in [5.41, 5.74) is 0. The van der Waals surface area contributed by atoms with Gasteiger partial charge in [0.25, 0.3) is 0 Å². The molecule has 0 radical (unpaired) electrons. The fourth-order valence-corrected chi connectivity index (χ4v) is 3.26. The second-order valence-corrected chi connectivity index (χ2v) is 10.1. The number of carbonyl (C=O) groups is 1. The highest BCUT2D eigenvalue weighted by molar-refractivity contribution is 6.76. The van der Waals surface area contributed by atoms with Gasteiger partial charge < -0.3 is 5.11 Å². The maximum Gasteiger partial charge on any atom is 0.306 e. The third-order valence-corrected chi connectivity index (χ3v) is 3.56. The molecule has 0 heterocycles. The molecule has 1 unspecified atom stereocenters. The van der Waals surface area contributed by atoms with Crippen LogP contribution in [0.1, 0.15) is 19.8 Å². The predicted molar refractivity (Wildman–Crippen MR) is 54.2 cm³/mol. The quantitative estimate of drug-likeness (QED) is 0.674. The van der Waals surface area contributed by atoms with Crippen molar-refractivity contribution in [3.8, 4) is 0 Å². The van der Waals surface area contributed by atoms with Crippen LogP contribution in [0.4, 0.5) is 0 Å². The third-order valence-electron chi connectivity index (χ3n) is 1.85. The predicted octanol–water partition coefficient (Wildman–Crippen LogP) is 2.83. The second kappa shape index (κ2) is 4.65. The summed E-state index contributed by atoms with van der Waals surface area (Å²) in [6.07, 6.45) is 1.81. The van der Waals surface area contributed by atoms with Gasteiger partial charge in [-0.1, -0.05) is 33.0 Å². The molecule has 0 amide bonds. The first-order chi connectivity index (χ1) is 5.37. The fourth-order valence-electron chi connectivity index (χ4n) is 1.40. The summed E-state index contributed by atoms with van der Waals surface area (Å²) in [7, 11) is -1.20. The van der Waals surface area contributed by atoms with Gasteiger partial charge in [0.15, 0.2) is 0 Å². The molecule has 0 aromatic heterocycles. The van der Waals surface area contributed by atoms with Crippen molar-refractivity contribution in [3.05, 3.63) is 0 Å². The molecule has 0 saturated heterocycles. The topological polar surface area (TPSA) is 37.3 Å². The zero-order valence-corrected chi connectivity index (χ0v) is 9.55. The van der Waals surface area contributed by atoms with E-state index in [9.17, 15) is 4.79 Å². The van der Waals surface area contributed by atoms with E-state index in [-0.39, 0.29) is 5.92 Å². The van der Waals surface area contributed by atoms with Gasteiger partial charge in [0, 0.05) is 8.07 Å². The van der Waals surface area contributed by atoms with Gasteiger partial charge in [-0.05, 0) is 12.5 Å². The van der Waals surface area contributed by atoms with Gasteiger partial charge in [-0.3, -0.25) is 4.79 Å². The number of rotatable bonds is 5. The van der Waals surface area contributed by atoms with Crippen LogP contribution in [0.25, 0.3) is 0 Å². The molecule has 0 aromatic carbocycles. The van der Waals surface area contributed by atoms with Crippen LogP contribution in [-0.4, -0.2) is 19.1 Å². The van der Waals surface area contributed by atoms with Gasteiger partial charge >= 0.3 is 5.97 Å². The van der Waals surface area contributed by atoms with Crippen LogP contribution in [-0.2, 0) is 4.79 Å². The molecule has 0 aliphatic carbocycles. The molecule has 0 aromatic rings. The smallest absolute Gasteiger partial charge is 0.306 e. The Balaban J connectivity index is 4.05. The molecule has 0 bridgehead atoms. The van der Waals surface area contributed by atoms with Crippen molar-refractivity contribution in [2.24, 2.45) is 5.92 Å². The van der Waals surface area contributed by atoms with E-state index < -0.39 is 14.0 Å². The summed E-state index contributed by atoms with van der Waals surface area (Å²) in [6.45, 7) is 8.70. The summed E-state index contributed by atoms with van der Waals surface area (Å²) in [4.78, 5) is 10.8. The van der Waals surface area contributed by atoms with Crippen LogP contribution in [0.2, 0.25) is 25.7 Å². The van der Waals surface area contributed by atoms with Gasteiger partial charge in [-0.25, -0.2) is 0 Å². The lowest BCUT2D eigenvalue weighted by Gasteiger charge is -2.20. The van der Waals surface area contributed by atoms with Crippen molar-refractivity contribution in [1.29, 1.82) is 0 Å².